The van der Waals surface area contributed by atoms with Crippen molar-refractivity contribution in [2.24, 2.45) is 0 Å². The molecule has 2 nitrogen and oxygen atoms in total. The Labute approximate surface area is 154 Å². The van der Waals surface area contributed by atoms with Crippen LogP contribution in [0.25, 0.3) is 12.2 Å². The van der Waals surface area contributed by atoms with Crippen LogP contribution in [-0.2, 0) is 9.53 Å². The molecule has 1 aromatic rings. The van der Waals surface area contributed by atoms with Gasteiger partial charge in [0, 0.05) is 6.08 Å². The van der Waals surface area contributed by atoms with E-state index in [1.54, 1.807) is 6.08 Å². The Morgan fingerprint density at radius 1 is 0.840 bits per heavy atom. The standard InChI is InChI=1S/C23H34O2/c1-3-4-5-6-7-8-9-10-11-12-13-14-21-15-17-22(18-16-21)19-20-23(24)25-2/h13-20H,3-12H2,1-2H3/b14-13+,20-19?. The van der Waals surface area contributed by atoms with Crippen molar-refractivity contribution in [3.63, 3.8) is 0 Å². The van der Waals surface area contributed by atoms with E-state index >= 15 is 0 Å². The highest BCUT2D eigenvalue weighted by atomic mass is 16.5. The highest BCUT2D eigenvalue weighted by Gasteiger charge is 1.93. The zero-order chi connectivity index (χ0) is 18.2. The molecule has 25 heavy (non-hydrogen) atoms. The van der Waals surface area contributed by atoms with Crippen molar-refractivity contribution in [3.05, 3.63) is 47.5 Å². The molecule has 0 bridgehead atoms. The third-order valence-electron chi connectivity index (χ3n) is 4.33. The van der Waals surface area contributed by atoms with Crippen LogP contribution in [-0.4, -0.2) is 13.1 Å². The summed E-state index contributed by atoms with van der Waals surface area (Å²) < 4.78 is 4.58. The van der Waals surface area contributed by atoms with Gasteiger partial charge in [-0.2, -0.15) is 0 Å². The largest absolute Gasteiger partial charge is 0.466 e. The molecule has 1 aromatic carbocycles. The Morgan fingerprint density at radius 2 is 1.36 bits per heavy atom. The van der Waals surface area contributed by atoms with E-state index in [0.29, 0.717) is 0 Å². The van der Waals surface area contributed by atoms with E-state index in [2.05, 4.69) is 35.9 Å². The zero-order valence-corrected chi connectivity index (χ0v) is 16.0. The Kier molecular flexibility index (Phi) is 12.3. The predicted octanol–water partition coefficient (Wildman–Crippen LogP) is 6.81. The molecule has 0 amide bonds. The van der Waals surface area contributed by atoms with E-state index in [9.17, 15) is 4.79 Å². The van der Waals surface area contributed by atoms with Crippen LogP contribution in [0.2, 0.25) is 0 Å². The van der Waals surface area contributed by atoms with E-state index in [4.69, 9.17) is 0 Å². The third kappa shape index (κ3) is 11.4. The van der Waals surface area contributed by atoms with Gasteiger partial charge in [0.2, 0.25) is 0 Å². The van der Waals surface area contributed by atoms with Gasteiger partial charge in [-0.25, -0.2) is 4.79 Å². The number of unbranched alkanes of at least 4 members (excludes halogenated alkanes) is 9. The number of hydrogen-bond donors (Lipinski definition) is 0. The Balaban J connectivity index is 2.12. The molecule has 0 aliphatic carbocycles. The first-order valence-corrected chi connectivity index (χ1v) is 9.79. The van der Waals surface area contributed by atoms with Crippen molar-refractivity contribution in [1.29, 1.82) is 0 Å². The summed E-state index contributed by atoms with van der Waals surface area (Å²) >= 11 is 0. The molecule has 0 N–H and O–H groups in total. The van der Waals surface area contributed by atoms with Crippen LogP contribution in [0.3, 0.4) is 0 Å². The molecule has 0 spiro atoms. The zero-order valence-electron chi connectivity index (χ0n) is 16.0. The Morgan fingerprint density at radius 3 is 1.92 bits per heavy atom. The SMILES string of the molecule is CCCCCCCCCCC/C=C/c1ccc(C=CC(=O)OC)cc1. The summed E-state index contributed by atoms with van der Waals surface area (Å²) in [6, 6.07) is 8.17. The van der Waals surface area contributed by atoms with Crippen molar-refractivity contribution in [3.8, 4) is 0 Å². The first-order chi connectivity index (χ1) is 12.3. The minimum absolute atomic E-state index is 0.329. The number of hydrogen-bond acceptors (Lipinski definition) is 2. The van der Waals surface area contributed by atoms with Gasteiger partial charge in [0.25, 0.3) is 0 Å². The number of allylic oxidation sites excluding steroid dienone is 1. The summed E-state index contributed by atoms with van der Waals surface area (Å²) in [6.45, 7) is 2.27. The molecule has 0 saturated carbocycles. The van der Waals surface area contributed by atoms with Gasteiger partial charge in [0.05, 0.1) is 7.11 Å². The Bertz CT molecular complexity index is 511. The second kappa shape index (κ2) is 14.5. The van der Waals surface area contributed by atoms with Crippen LogP contribution in [0.5, 0.6) is 0 Å². The molecular weight excluding hydrogens is 308 g/mol. The fraction of sp³-hybridized carbons (Fsp3) is 0.522. The second-order valence-corrected chi connectivity index (χ2v) is 6.54. The fourth-order valence-electron chi connectivity index (χ4n) is 2.74. The van der Waals surface area contributed by atoms with Gasteiger partial charge >= 0.3 is 5.97 Å². The van der Waals surface area contributed by atoms with Crippen molar-refractivity contribution >= 4 is 18.1 Å². The van der Waals surface area contributed by atoms with Gasteiger partial charge in [-0.05, 0) is 30.0 Å². The molecule has 0 unspecified atom stereocenters. The van der Waals surface area contributed by atoms with Crippen molar-refractivity contribution in [2.75, 3.05) is 7.11 Å². The summed E-state index contributed by atoms with van der Waals surface area (Å²) in [5.74, 6) is -0.329. The number of carbonyl (C=O) groups excluding carboxylic acids is 1. The highest BCUT2D eigenvalue weighted by molar-refractivity contribution is 5.86. The van der Waals surface area contributed by atoms with Crippen LogP contribution in [0, 0.1) is 0 Å². The Hall–Kier alpha value is -1.83. The van der Waals surface area contributed by atoms with E-state index in [-0.39, 0.29) is 5.97 Å². The smallest absolute Gasteiger partial charge is 0.330 e. The number of benzene rings is 1. The molecule has 1 rings (SSSR count). The van der Waals surface area contributed by atoms with Crippen LogP contribution >= 0.6 is 0 Å². The van der Waals surface area contributed by atoms with Gasteiger partial charge < -0.3 is 4.74 Å². The lowest BCUT2D eigenvalue weighted by Crippen LogP contribution is -1.93. The summed E-state index contributed by atoms with van der Waals surface area (Å²) in [4.78, 5) is 11.1. The molecule has 0 radical (unpaired) electrons. The van der Waals surface area contributed by atoms with E-state index in [0.717, 1.165) is 12.0 Å². The van der Waals surface area contributed by atoms with Gasteiger partial charge in [-0.15, -0.1) is 0 Å². The van der Waals surface area contributed by atoms with E-state index < -0.39 is 0 Å². The topological polar surface area (TPSA) is 26.3 Å². The molecule has 0 saturated heterocycles. The van der Waals surface area contributed by atoms with Crippen molar-refractivity contribution in [1.82, 2.24) is 0 Å². The average Bonchev–Trinajstić information content (AvgIpc) is 2.65. The minimum atomic E-state index is -0.329. The quantitative estimate of drug-likeness (QED) is 0.224. The van der Waals surface area contributed by atoms with Gasteiger partial charge in [0.1, 0.15) is 0 Å². The predicted molar refractivity (Wildman–Crippen MR) is 108 cm³/mol. The average molecular weight is 343 g/mol. The van der Waals surface area contributed by atoms with Crippen molar-refractivity contribution in [2.45, 2.75) is 71.1 Å². The summed E-state index contributed by atoms with van der Waals surface area (Å²) in [5.41, 5.74) is 2.20. The van der Waals surface area contributed by atoms with E-state index in [1.165, 1.54) is 76.5 Å². The maximum absolute atomic E-state index is 11.1. The number of methoxy groups -OCH3 is 1. The summed E-state index contributed by atoms with van der Waals surface area (Å²) in [7, 11) is 1.38. The molecular formula is C23H34O2. The van der Waals surface area contributed by atoms with Gasteiger partial charge in [-0.1, -0.05) is 94.7 Å². The summed E-state index contributed by atoms with van der Waals surface area (Å²) in [6.07, 6.45) is 21.2. The third-order valence-corrected chi connectivity index (χ3v) is 4.33. The molecule has 0 heterocycles. The maximum Gasteiger partial charge on any atom is 0.330 e. The summed E-state index contributed by atoms with van der Waals surface area (Å²) in [5, 5.41) is 0. The first-order valence-electron chi connectivity index (χ1n) is 9.79. The van der Waals surface area contributed by atoms with Crippen molar-refractivity contribution < 1.29 is 9.53 Å². The number of carbonyl (C=O) groups is 1. The number of rotatable bonds is 13. The second-order valence-electron chi connectivity index (χ2n) is 6.54. The molecule has 0 aliphatic heterocycles. The molecule has 0 atom stereocenters. The maximum atomic E-state index is 11.1. The van der Waals surface area contributed by atoms with Crippen LogP contribution in [0.1, 0.15) is 82.3 Å². The van der Waals surface area contributed by atoms with Gasteiger partial charge in [0.15, 0.2) is 0 Å². The van der Waals surface area contributed by atoms with E-state index in [1.807, 2.05) is 12.1 Å². The number of ether oxygens (including phenoxy) is 1. The fourth-order valence-corrected chi connectivity index (χ4v) is 2.74. The lowest BCUT2D eigenvalue weighted by molar-refractivity contribution is -0.134. The molecule has 0 aromatic heterocycles. The molecule has 0 fully saturated rings. The van der Waals surface area contributed by atoms with Gasteiger partial charge in [-0.3, -0.25) is 0 Å². The molecule has 0 aliphatic rings. The lowest BCUT2D eigenvalue weighted by atomic mass is 10.1. The number of esters is 1. The highest BCUT2D eigenvalue weighted by Crippen LogP contribution is 2.12. The molecule has 138 valence electrons. The van der Waals surface area contributed by atoms with Crippen LogP contribution in [0.15, 0.2) is 36.4 Å². The first kappa shape index (κ1) is 21.2. The molecule has 2 heteroatoms. The van der Waals surface area contributed by atoms with Crippen LogP contribution < -0.4 is 0 Å². The van der Waals surface area contributed by atoms with Crippen LogP contribution in [0.4, 0.5) is 0 Å². The normalized spacial score (nSPS) is 11.4. The lowest BCUT2D eigenvalue weighted by Gasteiger charge is -2.00. The minimum Gasteiger partial charge on any atom is -0.466 e. The monoisotopic (exact) mass is 342 g/mol.